The first-order chi connectivity index (χ1) is 19.8. The Bertz CT molecular complexity index is 1550. The van der Waals surface area contributed by atoms with E-state index in [1.807, 2.05) is 20.8 Å². The monoisotopic (exact) mass is 613 g/mol. The van der Waals surface area contributed by atoms with Gasteiger partial charge in [-0.05, 0) is 65.8 Å². The van der Waals surface area contributed by atoms with Crippen molar-refractivity contribution in [1.82, 2.24) is 5.32 Å². The third-order valence-corrected chi connectivity index (χ3v) is 8.16. The van der Waals surface area contributed by atoms with E-state index in [1.165, 1.54) is 49.6 Å². The lowest BCUT2D eigenvalue weighted by Gasteiger charge is -2.37. The summed E-state index contributed by atoms with van der Waals surface area (Å²) in [5.41, 5.74) is -0.908. The van der Waals surface area contributed by atoms with Crippen LogP contribution in [0.15, 0.2) is 54.6 Å². The molecule has 1 saturated heterocycles. The van der Waals surface area contributed by atoms with Crippen LogP contribution in [-0.2, 0) is 11.2 Å². The minimum Gasteiger partial charge on any atom is -0.495 e. The number of aldehydes is 1. The standard InChI is InChI=1S/C32H31Cl2F2N3O3/c1-31(2,3)15-26-32(17-37,14-19-9-10-20(33)13-23(19)35)27(21-6-5-7-22(34)28(21)36)29(39-26)30(41)38-24-11-8-18(16-40)12-25(24)42-4/h5-13,16,26-27,29,39H,14-15H2,1-4H3,(H,38,41)/t26-,27-,29+,32+/m0/s1. The molecule has 1 aliphatic heterocycles. The summed E-state index contributed by atoms with van der Waals surface area (Å²) in [5.74, 6) is -2.76. The number of nitrogens with one attached hydrogen (secondary N) is 2. The van der Waals surface area contributed by atoms with Gasteiger partial charge in [-0.3, -0.25) is 9.59 Å². The summed E-state index contributed by atoms with van der Waals surface area (Å²) in [7, 11) is 1.40. The number of carbonyl (C=O) groups is 2. The molecular weight excluding hydrogens is 583 g/mol. The number of rotatable bonds is 8. The number of carbonyl (C=O) groups excluding carboxylic acids is 2. The lowest BCUT2D eigenvalue weighted by Crippen LogP contribution is -2.43. The van der Waals surface area contributed by atoms with Crippen molar-refractivity contribution in [2.24, 2.45) is 10.8 Å². The summed E-state index contributed by atoms with van der Waals surface area (Å²) in [6, 6.07) is 13.8. The third-order valence-electron chi connectivity index (χ3n) is 7.63. The van der Waals surface area contributed by atoms with E-state index in [0.717, 1.165) is 6.07 Å². The number of amides is 1. The highest BCUT2D eigenvalue weighted by Gasteiger charge is 2.59. The zero-order valence-electron chi connectivity index (χ0n) is 23.6. The largest absolute Gasteiger partial charge is 0.495 e. The van der Waals surface area contributed by atoms with Crippen LogP contribution in [0.4, 0.5) is 14.5 Å². The van der Waals surface area contributed by atoms with Gasteiger partial charge in [0.2, 0.25) is 5.91 Å². The number of ether oxygens (including phenoxy) is 1. The van der Waals surface area contributed by atoms with Crippen LogP contribution in [0.1, 0.15) is 54.6 Å². The lowest BCUT2D eigenvalue weighted by atomic mass is 9.63. The maximum Gasteiger partial charge on any atom is 0.242 e. The molecule has 0 bridgehead atoms. The fourth-order valence-corrected chi connectivity index (χ4v) is 6.11. The predicted octanol–water partition coefficient (Wildman–Crippen LogP) is 7.34. The molecule has 0 radical (unpaired) electrons. The van der Waals surface area contributed by atoms with Gasteiger partial charge in [0.05, 0.1) is 35.3 Å². The van der Waals surface area contributed by atoms with E-state index < -0.39 is 41.0 Å². The Morgan fingerprint density at radius 2 is 1.90 bits per heavy atom. The highest BCUT2D eigenvalue weighted by atomic mass is 35.5. The lowest BCUT2D eigenvalue weighted by molar-refractivity contribution is -0.118. The van der Waals surface area contributed by atoms with Gasteiger partial charge in [0.1, 0.15) is 23.7 Å². The molecule has 0 aliphatic carbocycles. The number of halogens is 4. The number of hydrogen-bond acceptors (Lipinski definition) is 5. The van der Waals surface area contributed by atoms with Crippen molar-refractivity contribution >= 4 is 41.1 Å². The van der Waals surface area contributed by atoms with Crippen LogP contribution in [0.25, 0.3) is 0 Å². The van der Waals surface area contributed by atoms with Gasteiger partial charge in [0.25, 0.3) is 0 Å². The first kappa shape index (κ1) is 31.4. The van der Waals surface area contributed by atoms with E-state index in [4.69, 9.17) is 27.9 Å². The molecular formula is C32H31Cl2F2N3O3. The Labute approximate surface area is 254 Å². The van der Waals surface area contributed by atoms with Gasteiger partial charge in [-0.2, -0.15) is 5.26 Å². The molecule has 4 atom stereocenters. The number of anilines is 1. The summed E-state index contributed by atoms with van der Waals surface area (Å²) in [4.78, 5) is 25.3. The van der Waals surface area contributed by atoms with Crippen LogP contribution >= 0.6 is 23.2 Å². The van der Waals surface area contributed by atoms with Gasteiger partial charge in [-0.15, -0.1) is 0 Å². The summed E-state index contributed by atoms with van der Waals surface area (Å²) in [6.07, 6.45) is 0.937. The van der Waals surface area contributed by atoms with Crippen LogP contribution < -0.4 is 15.4 Å². The first-order valence-electron chi connectivity index (χ1n) is 13.3. The molecule has 0 saturated carbocycles. The van der Waals surface area contributed by atoms with Crippen molar-refractivity contribution < 1.29 is 23.1 Å². The van der Waals surface area contributed by atoms with Crippen LogP contribution in [-0.4, -0.2) is 31.4 Å². The number of methoxy groups -OCH3 is 1. The zero-order chi connectivity index (χ0) is 30.8. The minimum absolute atomic E-state index is 0.0609. The maximum absolute atomic E-state index is 15.8. The fourth-order valence-electron chi connectivity index (χ4n) is 5.77. The Hall–Kier alpha value is -3.51. The predicted molar refractivity (Wildman–Crippen MR) is 159 cm³/mol. The SMILES string of the molecule is COc1cc(C=O)ccc1NC(=O)[C@@H]1N[C@@H](CC(C)(C)C)[C@](C#N)(Cc2ccc(Cl)cc2F)[C@H]1c1cccc(Cl)c1F. The molecule has 1 aliphatic rings. The highest BCUT2D eigenvalue weighted by Crippen LogP contribution is 2.52. The molecule has 1 fully saturated rings. The van der Waals surface area contributed by atoms with Gasteiger partial charge < -0.3 is 15.4 Å². The number of nitriles is 1. The number of hydrogen-bond donors (Lipinski definition) is 2. The van der Waals surface area contributed by atoms with E-state index in [2.05, 4.69) is 16.7 Å². The Morgan fingerprint density at radius 3 is 2.52 bits per heavy atom. The summed E-state index contributed by atoms with van der Waals surface area (Å²) in [6.45, 7) is 5.96. The Kier molecular flexibility index (Phi) is 9.27. The second-order valence-corrected chi connectivity index (χ2v) is 12.6. The van der Waals surface area contributed by atoms with E-state index in [1.54, 1.807) is 6.07 Å². The maximum atomic E-state index is 15.8. The van der Waals surface area contributed by atoms with E-state index in [-0.39, 0.29) is 44.4 Å². The van der Waals surface area contributed by atoms with Gasteiger partial charge in [-0.25, -0.2) is 8.78 Å². The molecule has 1 heterocycles. The van der Waals surface area contributed by atoms with Crippen LogP contribution in [0, 0.1) is 33.8 Å². The van der Waals surface area contributed by atoms with E-state index in [0.29, 0.717) is 18.3 Å². The molecule has 0 unspecified atom stereocenters. The van der Waals surface area contributed by atoms with Gasteiger partial charge in [0.15, 0.2) is 0 Å². The second-order valence-electron chi connectivity index (χ2n) is 11.7. The fraction of sp³-hybridized carbons (Fsp3) is 0.344. The molecule has 220 valence electrons. The van der Waals surface area contributed by atoms with E-state index in [9.17, 15) is 14.9 Å². The summed E-state index contributed by atoms with van der Waals surface area (Å²) in [5, 5.41) is 17.1. The molecule has 6 nitrogen and oxygen atoms in total. The molecule has 0 aromatic heterocycles. The first-order valence-corrected chi connectivity index (χ1v) is 14.1. The molecule has 0 spiro atoms. The molecule has 1 amide bonds. The highest BCUT2D eigenvalue weighted by molar-refractivity contribution is 6.31. The second kappa shape index (κ2) is 12.4. The molecule has 42 heavy (non-hydrogen) atoms. The van der Waals surface area contributed by atoms with Crippen LogP contribution in [0.3, 0.4) is 0 Å². The van der Waals surface area contributed by atoms with Crippen molar-refractivity contribution in [3.63, 3.8) is 0 Å². The zero-order valence-corrected chi connectivity index (χ0v) is 25.1. The van der Waals surface area contributed by atoms with Gasteiger partial charge >= 0.3 is 0 Å². The number of benzene rings is 3. The average molecular weight is 615 g/mol. The molecule has 4 rings (SSSR count). The average Bonchev–Trinajstić information content (AvgIpc) is 3.24. The normalized spacial score (nSPS) is 21.9. The number of nitrogens with zero attached hydrogens (tertiary/aromatic N) is 1. The smallest absolute Gasteiger partial charge is 0.242 e. The van der Waals surface area contributed by atoms with Crippen molar-refractivity contribution in [3.05, 3.63) is 93.0 Å². The van der Waals surface area contributed by atoms with E-state index >= 15 is 8.78 Å². The Morgan fingerprint density at radius 1 is 1.17 bits per heavy atom. The minimum atomic E-state index is -1.49. The quantitative estimate of drug-likeness (QED) is 0.259. The molecule has 10 heteroatoms. The molecule has 3 aromatic carbocycles. The third kappa shape index (κ3) is 6.29. The van der Waals surface area contributed by atoms with Crippen molar-refractivity contribution in [2.75, 3.05) is 12.4 Å². The van der Waals surface area contributed by atoms with Crippen molar-refractivity contribution in [1.29, 1.82) is 5.26 Å². The van der Waals surface area contributed by atoms with Gasteiger partial charge in [0, 0.05) is 22.5 Å². The van der Waals surface area contributed by atoms with Crippen molar-refractivity contribution in [3.8, 4) is 11.8 Å². The topological polar surface area (TPSA) is 91.2 Å². The molecule has 3 aromatic rings. The molecule has 2 N–H and O–H groups in total. The van der Waals surface area contributed by atoms with Crippen molar-refractivity contribution in [2.45, 2.75) is 51.6 Å². The summed E-state index contributed by atoms with van der Waals surface area (Å²) < 4.78 is 36.4. The Balaban J connectivity index is 1.90. The van der Waals surface area contributed by atoms with Crippen LogP contribution in [0.5, 0.6) is 5.75 Å². The summed E-state index contributed by atoms with van der Waals surface area (Å²) >= 11 is 12.2. The van der Waals surface area contributed by atoms with Crippen LogP contribution in [0.2, 0.25) is 10.0 Å². The van der Waals surface area contributed by atoms with Gasteiger partial charge in [-0.1, -0.05) is 62.2 Å².